The van der Waals surface area contributed by atoms with Gasteiger partial charge in [-0.2, -0.15) is 5.10 Å². The van der Waals surface area contributed by atoms with Gasteiger partial charge in [0.1, 0.15) is 0 Å². The second kappa shape index (κ2) is 6.11. The summed E-state index contributed by atoms with van der Waals surface area (Å²) >= 11 is 0. The zero-order valence-corrected chi connectivity index (χ0v) is 14.5. The first-order chi connectivity index (χ1) is 11.4. The van der Waals surface area contributed by atoms with Gasteiger partial charge in [-0.05, 0) is 44.0 Å². The van der Waals surface area contributed by atoms with Crippen LogP contribution >= 0.6 is 0 Å². The Labute approximate surface area is 141 Å². The van der Waals surface area contributed by atoms with Gasteiger partial charge in [0.15, 0.2) is 0 Å². The number of rotatable bonds is 3. The van der Waals surface area contributed by atoms with Crippen LogP contribution in [0.3, 0.4) is 0 Å². The minimum absolute atomic E-state index is 0.111. The number of nitrogens with one attached hydrogen (secondary N) is 1. The molecule has 3 rings (SSSR count). The number of carbonyl (C=O) groups excluding carboxylic acids is 2. The number of benzene rings is 1. The fourth-order valence-corrected chi connectivity index (χ4v) is 3.20. The summed E-state index contributed by atoms with van der Waals surface area (Å²) in [5, 5.41) is 7.33. The molecule has 0 fully saturated rings. The molecule has 2 heterocycles. The highest BCUT2D eigenvalue weighted by Gasteiger charge is 2.22. The number of carbonyl (C=O) groups is 2. The zero-order chi connectivity index (χ0) is 17.4. The summed E-state index contributed by atoms with van der Waals surface area (Å²) < 4.78 is 1.75. The van der Waals surface area contributed by atoms with Crippen molar-refractivity contribution >= 4 is 17.5 Å². The molecule has 1 aromatic heterocycles. The van der Waals surface area contributed by atoms with Crippen molar-refractivity contribution in [3.8, 4) is 0 Å². The molecule has 0 radical (unpaired) electrons. The van der Waals surface area contributed by atoms with Crippen LogP contribution in [0.15, 0.2) is 24.4 Å². The summed E-state index contributed by atoms with van der Waals surface area (Å²) in [6, 6.07) is 5.38. The lowest BCUT2D eigenvalue weighted by Gasteiger charge is -2.26. The van der Waals surface area contributed by atoms with Crippen LogP contribution in [0.2, 0.25) is 0 Å². The lowest BCUT2D eigenvalue weighted by Crippen LogP contribution is -2.32. The second-order valence-corrected chi connectivity index (χ2v) is 6.33. The Morgan fingerprint density at radius 3 is 2.71 bits per heavy atom. The summed E-state index contributed by atoms with van der Waals surface area (Å²) in [7, 11) is 3.64. The summed E-state index contributed by atoms with van der Waals surface area (Å²) in [6.45, 7) is 3.89. The van der Waals surface area contributed by atoms with Crippen LogP contribution in [0, 0.1) is 6.92 Å². The first-order valence-electron chi connectivity index (χ1n) is 8.07. The predicted molar refractivity (Wildman–Crippen MR) is 92.0 cm³/mol. The molecule has 0 aliphatic carbocycles. The minimum Gasteiger partial charge on any atom is -0.345 e. The number of aryl methyl sites for hydroxylation is 3. The standard InChI is InChI=1S/C18H22N4O2/c1-11(15-10-21(3)20-12(15)2)19-18(24)14-5-7-16-13(9-14)6-8-17(23)22(16)4/h5,7,9-11H,6,8H2,1-4H3,(H,19,24). The maximum Gasteiger partial charge on any atom is 0.251 e. The second-order valence-electron chi connectivity index (χ2n) is 6.33. The van der Waals surface area contributed by atoms with Crippen molar-refractivity contribution in [2.75, 3.05) is 11.9 Å². The molecule has 0 bridgehead atoms. The fraction of sp³-hybridized carbons (Fsp3) is 0.389. The first kappa shape index (κ1) is 16.2. The van der Waals surface area contributed by atoms with E-state index in [0.29, 0.717) is 18.4 Å². The van der Waals surface area contributed by atoms with Gasteiger partial charge in [-0.1, -0.05) is 0 Å². The molecule has 1 N–H and O–H groups in total. The Morgan fingerprint density at radius 2 is 2.04 bits per heavy atom. The minimum atomic E-state index is -0.119. The third-order valence-electron chi connectivity index (χ3n) is 4.55. The van der Waals surface area contributed by atoms with Crippen LogP contribution in [0.4, 0.5) is 5.69 Å². The number of amides is 2. The van der Waals surface area contributed by atoms with Crippen molar-refractivity contribution in [1.82, 2.24) is 15.1 Å². The van der Waals surface area contributed by atoms with Crippen LogP contribution in [-0.2, 0) is 18.3 Å². The van der Waals surface area contributed by atoms with Gasteiger partial charge in [-0.15, -0.1) is 0 Å². The topological polar surface area (TPSA) is 67.2 Å². The van der Waals surface area contributed by atoms with Crippen molar-refractivity contribution in [3.05, 3.63) is 46.8 Å². The van der Waals surface area contributed by atoms with Crippen molar-refractivity contribution in [2.24, 2.45) is 7.05 Å². The molecular formula is C18H22N4O2. The molecule has 0 saturated carbocycles. The van der Waals surface area contributed by atoms with E-state index in [1.165, 1.54) is 0 Å². The molecule has 1 aromatic carbocycles. The van der Waals surface area contributed by atoms with Gasteiger partial charge in [0.25, 0.3) is 5.91 Å². The van der Waals surface area contributed by atoms with Crippen molar-refractivity contribution < 1.29 is 9.59 Å². The Bertz CT molecular complexity index is 809. The van der Waals surface area contributed by atoms with E-state index in [4.69, 9.17) is 0 Å². The van der Waals surface area contributed by atoms with Crippen molar-refractivity contribution in [3.63, 3.8) is 0 Å². The largest absolute Gasteiger partial charge is 0.345 e. The predicted octanol–water partition coefficient (Wildman–Crippen LogP) is 2.13. The normalized spacial score (nSPS) is 15.2. The van der Waals surface area contributed by atoms with E-state index in [-0.39, 0.29) is 17.9 Å². The lowest BCUT2D eigenvalue weighted by atomic mass is 9.98. The summed E-state index contributed by atoms with van der Waals surface area (Å²) in [5.74, 6) is -0.00603. The van der Waals surface area contributed by atoms with Crippen LogP contribution in [0.5, 0.6) is 0 Å². The quantitative estimate of drug-likeness (QED) is 0.939. The van der Waals surface area contributed by atoms with Crippen molar-refractivity contribution in [1.29, 1.82) is 0 Å². The number of hydrogen-bond donors (Lipinski definition) is 1. The van der Waals surface area contributed by atoms with E-state index in [2.05, 4.69) is 10.4 Å². The maximum absolute atomic E-state index is 12.6. The first-order valence-corrected chi connectivity index (χ1v) is 8.07. The highest BCUT2D eigenvalue weighted by molar-refractivity contribution is 5.99. The van der Waals surface area contributed by atoms with E-state index in [0.717, 1.165) is 22.5 Å². The average Bonchev–Trinajstić information content (AvgIpc) is 2.89. The molecule has 0 saturated heterocycles. The van der Waals surface area contributed by atoms with Gasteiger partial charge < -0.3 is 10.2 Å². The van der Waals surface area contributed by atoms with E-state index >= 15 is 0 Å². The molecule has 1 aliphatic heterocycles. The summed E-state index contributed by atoms with van der Waals surface area (Å²) in [5.41, 5.74) is 4.46. The maximum atomic E-state index is 12.6. The van der Waals surface area contributed by atoms with Crippen molar-refractivity contribution in [2.45, 2.75) is 32.7 Å². The molecular weight excluding hydrogens is 304 g/mol. The van der Waals surface area contributed by atoms with Gasteiger partial charge in [-0.25, -0.2) is 0 Å². The number of aromatic nitrogens is 2. The monoisotopic (exact) mass is 326 g/mol. The summed E-state index contributed by atoms with van der Waals surface area (Å²) in [4.78, 5) is 26.0. The Kier molecular flexibility index (Phi) is 4.13. The molecule has 6 nitrogen and oxygen atoms in total. The lowest BCUT2D eigenvalue weighted by molar-refractivity contribution is -0.118. The van der Waals surface area contributed by atoms with Crippen LogP contribution in [0.25, 0.3) is 0 Å². The van der Waals surface area contributed by atoms with E-state index in [1.807, 2.05) is 39.2 Å². The van der Waals surface area contributed by atoms with Crippen LogP contribution in [0.1, 0.15) is 46.6 Å². The van der Waals surface area contributed by atoms with E-state index < -0.39 is 0 Å². The van der Waals surface area contributed by atoms with Gasteiger partial charge in [0.2, 0.25) is 5.91 Å². The molecule has 2 aromatic rings. The Morgan fingerprint density at radius 1 is 1.29 bits per heavy atom. The molecule has 1 aliphatic rings. The SMILES string of the molecule is Cc1nn(C)cc1C(C)NC(=O)c1ccc2c(c1)CCC(=O)N2C. The molecule has 126 valence electrons. The fourth-order valence-electron chi connectivity index (χ4n) is 3.20. The number of fused-ring (bicyclic) bond motifs is 1. The van der Waals surface area contributed by atoms with E-state index in [1.54, 1.807) is 22.7 Å². The molecule has 1 unspecified atom stereocenters. The number of nitrogens with zero attached hydrogens (tertiary/aromatic N) is 3. The van der Waals surface area contributed by atoms with Crippen LogP contribution < -0.4 is 10.2 Å². The zero-order valence-electron chi connectivity index (χ0n) is 14.5. The average molecular weight is 326 g/mol. The van der Waals surface area contributed by atoms with Gasteiger partial charge >= 0.3 is 0 Å². The molecule has 1 atom stereocenters. The number of anilines is 1. The molecule has 6 heteroatoms. The third-order valence-corrected chi connectivity index (χ3v) is 4.55. The smallest absolute Gasteiger partial charge is 0.251 e. The highest BCUT2D eigenvalue weighted by atomic mass is 16.2. The molecule has 2 amide bonds. The van der Waals surface area contributed by atoms with Crippen LogP contribution in [-0.4, -0.2) is 28.6 Å². The van der Waals surface area contributed by atoms with E-state index in [9.17, 15) is 9.59 Å². The Balaban J connectivity index is 1.78. The molecule has 0 spiro atoms. The Hall–Kier alpha value is -2.63. The van der Waals surface area contributed by atoms with Gasteiger partial charge in [0, 0.05) is 43.5 Å². The third kappa shape index (κ3) is 2.91. The van der Waals surface area contributed by atoms with Gasteiger partial charge in [-0.3, -0.25) is 14.3 Å². The van der Waals surface area contributed by atoms with Gasteiger partial charge in [0.05, 0.1) is 11.7 Å². The summed E-state index contributed by atoms with van der Waals surface area (Å²) in [6.07, 6.45) is 3.09. The molecule has 24 heavy (non-hydrogen) atoms. The number of hydrogen-bond acceptors (Lipinski definition) is 3. The highest BCUT2D eigenvalue weighted by Crippen LogP contribution is 2.27.